The molecule has 1 N–H and O–H groups in total. The normalized spacial score (nSPS) is 14.9. The summed E-state index contributed by atoms with van der Waals surface area (Å²) < 4.78 is 1.53. The van der Waals surface area contributed by atoms with Crippen molar-refractivity contribution in [2.24, 2.45) is 5.92 Å². The molecule has 0 unspecified atom stereocenters. The zero-order valence-electron chi connectivity index (χ0n) is 11.7. The maximum Gasteiger partial charge on any atom is 0.258 e. The molecule has 1 saturated carbocycles. The Morgan fingerprint density at radius 1 is 1.35 bits per heavy atom. The van der Waals surface area contributed by atoms with Gasteiger partial charge in [-0.15, -0.1) is 0 Å². The second-order valence-electron chi connectivity index (χ2n) is 5.03. The van der Waals surface area contributed by atoms with E-state index < -0.39 is 0 Å². The van der Waals surface area contributed by atoms with E-state index >= 15 is 0 Å². The lowest BCUT2D eigenvalue weighted by Crippen LogP contribution is -2.31. The monoisotopic (exact) mass is 274 g/mol. The second-order valence-corrected chi connectivity index (χ2v) is 5.03. The number of rotatable bonds is 5. The van der Waals surface area contributed by atoms with Crippen LogP contribution >= 0.6 is 0 Å². The van der Waals surface area contributed by atoms with Gasteiger partial charge in [0.1, 0.15) is 12.7 Å². The molecular weight excluding hydrogens is 256 g/mol. The first-order chi connectivity index (χ1) is 9.76. The average molecular weight is 274 g/mol. The second kappa shape index (κ2) is 5.40. The van der Waals surface area contributed by atoms with Crippen molar-refractivity contribution in [3.8, 4) is 5.95 Å². The third-order valence-corrected chi connectivity index (χ3v) is 3.56. The van der Waals surface area contributed by atoms with E-state index in [0.717, 1.165) is 12.5 Å². The topological polar surface area (TPSA) is 84.7 Å². The van der Waals surface area contributed by atoms with Crippen LogP contribution in [-0.2, 0) is 0 Å². The van der Waals surface area contributed by atoms with E-state index in [9.17, 15) is 0 Å². The van der Waals surface area contributed by atoms with E-state index in [1.54, 1.807) is 13.4 Å². The summed E-state index contributed by atoms with van der Waals surface area (Å²) >= 11 is 0. The third-order valence-electron chi connectivity index (χ3n) is 3.56. The van der Waals surface area contributed by atoms with Gasteiger partial charge in [-0.25, -0.2) is 4.98 Å². The van der Waals surface area contributed by atoms with Gasteiger partial charge >= 0.3 is 0 Å². The summed E-state index contributed by atoms with van der Waals surface area (Å²) in [5.41, 5.74) is 0. The van der Waals surface area contributed by atoms with Crippen molar-refractivity contribution in [2.75, 3.05) is 30.9 Å². The molecule has 0 aliphatic heterocycles. The zero-order valence-corrected chi connectivity index (χ0v) is 11.7. The Balaban J connectivity index is 1.87. The number of nitrogens with zero attached hydrogens (tertiary/aromatic N) is 7. The third kappa shape index (κ3) is 2.54. The SMILES string of the molecule is CNc1nc(N(C)CC2CCC2)nc(-n2cncn2)n1. The molecule has 0 radical (unpaired) electrons. The number of hydrogen-bond acceptors (Lipinski definition) is 7. The maximum absolute atomic E-state index is 4.46. The lowest BCUT2D eigenvalue weighted by Gasteiger charge is -2.30. The van der Waals surface area contributed by atoms with Gasteiger partial charge in [-0.1, -0.05) is 6.42 Å². The molecule has 2 heterocycles. The van der Waals surface area contributed by atoms with Crippen molar-refractivity contribution >= 4 is 11.9 Å². The van der Waals surface area contributed by atoms with E-state index in [2.05, 4.69) is 35.3 Å². The number of nitrogens with one attached hydrogen (secondary N) is 1. The number of hydrogen-bond donors (Lipinski definition) is 1. The number of anilines is 2. The first-order valence-electron chi connectivity index (χ1n) is 6.76. The van der Waals surface area contributed by atoms with Gasteiger partial charge in [0.2, 0.25) is 11.9 Å². The van der Waals surface area contributed by atoms with Crippen molar-refractivity contribution in [1.82, 2.24) is 29.7 Å². The molecule has 2 aromatic heterocycles. The fourth-order valence-corrected chi connectivity index (χ4v) is 2.19. The highest BCUT2D eigenvalue weighted by atomic mass is 15.4. The molecule has 8 heteroatoms. The quantitative estimate of drug-likeness (QED) is 0.860. The van der Waals surface area contributed by atoms with Crippen LogP contribution in [0.15, 0.2) is 12.7 Å². The fourth-order valence-electron chi connectivity index (χ4n) is 2.19. The molecule has 1 aliphatic rings. The summed E-state index contributed by atoms with van der Waals surface area (Å²) in [5.74, 6) is 2.41. The molecule has 20 heavy (non-hydrogen) atoms. The molecule has 0 aromatic carbocycles. The minimum atomic E-state index is 0.470. The van der Waals surface area contributed by atoms with Crippen LogP contribution in [0.2, 0.25) is 0 Å². The van der Waals surface area contributed by atoms with Crippen LogP contribution in [0.3, 0.4) is 0 Å². The van der Waals surface area contributed by atoms with E-state index in [-0.39, 0.29) is 0 Å². The maximum atomic E-state index is 4.46. The van der Waals surface area contributed by atoms with Crippen LogP contribution < -0.4 is 10.2 Å². The summed E-state index contributed by atoms with van der Waals surface area (Å²) in [6.07, 6.45) is 6.96. The fraction of sp³-hybridized carbons (Fsp3) is 0.583. The molecule has 1 fully saturated rings. The highest BCUT2D eigenvalue weighted by Gasteiger charge is 2.21. The van der Waals surface area contributed by atoms with Crippen LogP contribution in [0.25, 0.3) is 5.95 Å². The van der Waals surface area contributed by atoms with E-state index in [1.807, 2.05) is 7.05 Å². The average Bonchev–Trinajstić information content (AvgIpc) is 2.96. The summed E-state index contributed by atoms with van der Waals surface area (Å²) in [4.78, 5) is 19.1. The smallest absolute Gasteiger partial charge is 0.258 e. The van der Waals surface area contributed by atoms with Gasteiger partial charge < -0.3 is 10.2 Å². The van der Waals surface area contributed by atoms with Gasteiger partial charge in [-0.2, -0.15) is 24.7 Å². The van der Waals surface area contributed by atoms with Gasteiger partial charge in [0, 0.05) is 20.6 Å². The van der Waals surface area contributed by atoms with Crippen molar-refractivity contribution in [3.63, 3.8) is 0 Å². The molecule has 0 amide bonds. The summed E-state index contributed by atoms with van der Waals surface area (Å²) in [5, 5.41) is 7.01. The predicted molar refractivity (Wildman–Crippen MR) is 74.9 cm³/mol. The highest BCUT2D eigenvalue weighted by Crippen LogP contribution is 2.27. The molecule has 0 saturated heterocycles. The Hall–Kier alpha value is -2.25. The number of aromatic nitrogens is 6. The standard InChI is InChI=1S/C12H18N8/c1-13-10-16-11(19(2)6-9-4-3-5-9)18-12(17-10)20-8-14-7-15-20/h7-9H,3-6H2,1-2H3,(H,13,16,17,18). The summed E-state index contributed by atoms with van der Waals surface area (Å²) in [7, 11) is 3.80. The molecule has 0 atom stereocenters. The summed E-state index contributed by atoms with van der Waals surface area (Å²) in [6.45, 7) is 0.976. The van der Waals surface area contributed by atoms with Crippen molar-refractivity contribution in [3.05, 3.63) is 12.7 Å². The molecule has 3 rings (SSSR count). The van der Waals surface area contributed by atoms with E-state index in [0.29, 0.717) is 17.8 Å². The van der Waals surface area contributed by atoms with Crippen molar-refractivity contribution < 1.29 is 0 Å². The first-order valence-corrected chi connectivity index (χ1v) is 6.76. The predicted octanol–water partition coefficient (Wildman–Crippen LogP) is 0.730. The van der Waals surface area contributed by atoms with Crippen LogP contribution in [0.1, 0.15) is 19.3 Å². The minimum Gasteiger partial charge on any atom is -0.357 e. The van der Waals surface area contributed by atoms with Crippen LogP contribution in [-0.4, -0.2) is 50.4 Å². The first kappa shape index (κ1) is 12.8. The Kier molecular flexibility index (Phi) is 3.44. The Labute approximate surface area is 117 Å². The van der Waals surface area contributed by atoms with Gasteiger partial charge in [0.15, 0.2) is 0 Å². The lowest BCUT2D eigenvalue weighted by atomic mass is 9.85. The van der Waals surface area contributed by atoms with Crippen LogP contribution in [0.4, 0.5) is 11.9 Å². The van der Waals surface area contributed by atoms with Crippen LogP contribution in [0.5, 0.6) is 0 Å². The Morgan fingerprint density at radius 3 is 2.80 bits per heavy atom. The van der Waals surface area contributed by atoms with Gasteiger partial charge in [-0.3, -0.25) is 0 Å². The van der Waals surface area contributed by atoms with Gasteiger partial charge in [-0.05, 0) is 18.8 Å². The van der Waals surface area contributed by atoms with E-state index in [4.69, 9.17) is 0 Å². The van der Waals surface area contributed by atoms with Gasteiger partial charge in [0.25, 0.3) is 5.95 Å². The summed E-state index contributed by atoms with van der Waals surface area (Å²) in [6, 6.07) is 0. The molecule has 1 aliphatic carbocycles. The molecule has 8 nitrogen and oxygen atoms in total. The van der Waals surface area contributed by atoms with Crippen molar-refractivity contribution in [1.29, 1.82) is 0 Å². The lowest BCUT2D eigenvalue weighted by molar-refractivity contribution is 0.320. The molecule has 2 aromatic rings. The zero-order chi connectivity index (χ0) is 13.9. The highest BCUT2D eigenvalue weighted by molar-refractivity contribution is 5.39. The Morgan fingerprint density at radius 2 is 2.20 bits per heavy atom. The largest absolute Gasteiger partial charge is 0.357 e. The van der Waals surface area contributed by atoms with Crippen LogP contribution in [0, 0.1) is 5.92 Å². The molecular formula is C12H18N8. The van der Waals surface area contributed by atoms with E-state index in [1.165, 1.54) is 30.3 Å². The van der Waals surface area contributed by atoms with Crippen molar-refractivity contribution in [2.45, 2.75) is 19.3 Å². The Bertz CT molecular complexity index is 563. The molecule has 0 spiro atoms. The minimum absolute atomic E-state index is 0.470. The molecule has 0 bridgehead atoms. The van der Waals surface area contributed by atoms with Gasteiger partial charge in [0.05, 0.1) is 0 Å². The molecule has 106 valence electrons.